The van der Waals surface area contributed by atoms with Gasteiger partial charge in [0.2, 0.25) is 5.91 Å². The molecule has 1 amide bonds. The summed E-state index contributed by atoms with van der Waals surface area (Å²) in [4.78, 5) is 11.7. The molecule has 0 unspecified atom stereocenters. The molecule has 0 atom stereocenters. The number of amides is 1. The first-order valence-corrected chi connectivity index (χ1v) is 6.90. The number of carbonyl (C=O) groups excluding carboxylic acids is 1. The van der Waals surface area contributed by atoms with Crippen LogP contribution < -0.4 is 10.1 Å². The van der Waals surface area contributed by atoms with E-state index in [4.69, 9.17) is 0 Å². The smallest absolute Gasteiger partial charge is 0.387 e. The second-order valence-electron chi connectivity index (χ2n) is 4.07. The van der Waals surface area contributed by atoms with Crippen LogP contribution in [0.25, 0.3) is 0 Å². The number of benzene rings is 1. The first-order valence-electron chi connectivity index (χ1n) is 5.95. The summed E-state index contributed by atoms with van der Waals surface area (Å²) in [5, 5.41) is 6.49. The summed E-state index contributed by atoms with van der Waals surface area (Å²) in [7, 11) is 0. The maximum absolute atomic E-state index is 12.2. The molecule has 0 aliphatic carbocycles. The van der Waals surface area contributed by atoms with E-state index in [9.17, 15) is 13.6 Å². The summed E-state index contributed by atoms with van der Waals surface area (Å²) in [6.45, 7) is -2.72. The third-order valence-corrected chi connectivity index (χ3v) is 3.34. The average molecular weight is 297 g/mol. The Bertz CT molecular complexity index is 558. The van der Waals surface area contributed by atoms with Crippen LogP contribution in [0.15, 0.2) is 41.1 Å². The van der Waals surface area contributed by atoms with E-state index >= 15 is 0 Å². The highest BCUT2D eigenvalue weighted by Gasteiger charge is 2.10. The fourth-order valence-electron chi connectivity index (χ4n) is 1.70. The van der Waals surface area contributed by atoms with Crippen molar-refractivity contribution in [1.82, 2.24) is 5.32 Å². The highest BCUT2D eigenvalue weighted by molar-refractivity contribution is 7.07. The monoisotopic (exact) mass is 297 g/mol. The zero-order valence-corrected chi connectivity index (χ0v) is 11.3. The Kier molecular flexibility index (Phi) is 5.06. The topological polar surface area (TPSA) is 38.3 Å². The molecule has 0 bridgehead atoms. The third-order valence-electron chi connectivity index (χ3n) is 2.61. The van der Waals surface area contributed by atoms with Gasteiger partial charge >= 0.3 is 6.61 Å². The molecule has 1 aromatic heterocycles. The van der Waals surface area contributed by atoms with Crippen LogP contribution in [0, 0.1) is 0 Å². The Hall–Kier alpha value is -1.95. The van der Waals surface area contributed by atoms with Crippen molar-refractivity contribution in [2.24, 2.45) is 0 Å². The van der Waals surface area contributed by atoms with E-state index in [1.54, 1.807) is 18.2 Å². The van der Waals surface area contributed by atoms with Gasteiger partial charge in [0.1, 0.15) is 5.75 Å². The number of rotatable bonds is 6. The minimum absolute atomic E-state index is 0.0818. The molecule has 1 aromatic carbocycles. The van der Waals surface area contributed by atoms with Crippen molar-refractivity contribution in [2.75, 3.05) is 0 Å². The van der Waals surface area contributed by atoms with Crippen molar-refractivity contribution in [3.05, 3.63) is 52.2 Å². The lowest BCUT2D eigenvalue weighted by molar-refractivity contribution is -0.120. The summed E-state index contributed by atoms with van der Waals surface area (Å²) >= 11 is 1.52. The van der Waals surface area contributed by atoms with E-state index in [0.29, 0.717) is 5.56 Å². The number of hydrogen-bond acceptors (Lipinski definition) is 3. The van der Waals surface area contributed by atoms with Crippen molar-refractivity contribution < 1.29 is 18.3 Å². The van der Waals surface area contributed by atoms with Gasteiger partial charge in [-0.15, -0.1) is 0 Å². The number of carbonyl (C=O) groups is 1. The highest BCUT2D eigenvalue weighted by Crippen LogP contribution is 2.20. The first-order chi connectivity index (χ1) is 9.65. The number of thiophene rings is 1. The number of hydrogen-bond donors (Lipinski definition) is 1. The van der Waals surface area contributed by atoms with Gasteiger partial charge in [-0.1, -0.05) is 18.2 Å². The molecule has 0 saturated heterocycles. The molecule has 1 heterocycles. The van der Waals surface area contributed by atoms with Crippen LogP contribution in [-0.4, -0.2) is 12.5 Å². The van der Waals surface area contributed by atoms with Gasteiger partial charge in [-0.2, -0.15) is 20.1 Å². The van der Waals surface area contributed by atoms with E-state index in [1.807, 2.05) is 16.8 Å². The Morgan fingerprint density at radius 3 is 2.80 bits per heavy atom. The average Bonchev–Trinajstić information content (AvgIpc) is 2.90. The van der Waals surface area contributed by atoms with Crippen molar-refractivity contribution >= 4 is 17.2 Å². The first kappa shape index (κ1) is 14.5. The number of nitrogens with one attached hydrogen (secondary N) is 1. The summed E-state index contributed by atoms with van der Waals surface area (Å²) in [6.07, 6.45) is 0.279. The van der Waals surface area contributed by atoms with Crippen LogP contribution in [-0.2, 0) is 17.8 Å². The lowest BCUT2D eigenvalue weighted by Gasteiger charge is -2.11. The molecule has 6 heteroatoms. The van der Waals surface area contributed by atoms with Crippen molar-refractivity contribution in [3.63, 3.8) is 0 Å². The van der Waals surface area contributed by atoms with Gasteiger partial charge in [0, 0.05) is 12.1 Å². The minimum atomic E-state index is -2.88. The second-order valence-corrected chi connectivity index (χ2v) is 4.85. The van der Waals surface area contributed by atoms with E-state index in [0.717, 1.165) is 5.56 Å². The molecule has 1 N–H and O–H groups in total. The fourth-order valence-corrected chi connectivity index (χ4v) is 2.36. The van der Waals surface area contributed by atoms with Crippen LogP contribution in [0.5, 0.6) is 5.75 Å². The predicted molar refractivity (Wildman–Crippen MR) is 72.9 cm³/mol. The Balaban J connectivity index is 1.91. The maximum atomic E-state index is 12.2. The molecular formula is C14H13F2NO2S. The molecule has 0 aliphatic rings. The molecular weight excluding hydrogens is 284 g/mol. The molecule has 0 aliphatic heterocycles. The maximum Gasteiger partial charge on any atom is 0.387 e. The van der Waals surface area contributed by atoms with Gasteiger partial charge in [-0.3, -0.25) is 4.79 Å². The molecule has 0 spiro atoms. The fraction of sp³-hybridized carbons (Fsp3) is 0.214. The molecule has 3 nitrogen and oxygen atoms in total. The quantitative estimate of drug-likeness (QED) is 0.889. The zero-order chi connectivity index (χ0) is 14.4. The summed E-state index contributed by atoms with van der Waals surface area (Å²) in [5.74, 6) is -0.0754. The lowest BCUT2D eigenvalue weighted by atomic mass is 10.2. The number of halogens is 2. The Labute approximate surface area is 119 Å². The van der Waals surface area contributed by atoms with Crippen molar-refractivity contribution in [3.8, 4) is 5.75 Å². The summed E-state index contributed by atoms with van der Waals surface area (Å²) in [5.41, 5.74) is 1.45. The third kappa shape index (κ3) is 4.31. The van der Waals surface area contributed by atoms with Crippen LogP contribution in [0.2, 0.25) is 0 Å². The number of para-hydroxylation sites is 1. The van der Waals surface area contributed by atoms with E-state index in [-0.39, 0.29) is 24.6 Å². The van der Waals surface area contributed by atoms with Crippen molar-refractivity contribution in [1.29, 1.82) is 0 Å². The number of alkyl halides is 2. The predicted octanol–water partition coefficient (Wildman–Crippen LogP) is 3.21. The normalized spacial score (nSPS) is 10.6. The molecule has 0 radical (unpaired) electrons. The van der Waals surface area contributed by atoms with E-state index in [2.05, 4.69) is 10.1 Å². The standard InChI is InChI=1S/C14H13F2NO2S/c15-14(16)19-12-4-2-1-3-11(12)8-17-13(18)7-10-5-6-20-9-10/h1-6,9,14H,7-8H2,(H,17,18). The Morgan fingerprint density at radius 1 is 1.30 bits per heavy atom. The molecule has 2 aromatic rings. The highest BCUT2D eigenvalue weighted by atomic mass is 32.1. The van der Waals surface area contributed by atoms with Gasteiger partial charge < -0.3 is 10.1 Å². The minimum Gasteiger partial charge on any atom is -0.434 e. The SMILES string of the molecule is O=C(Cc1ccsc1)NCc1ccccc1OC(F)F. The molecule has 0 saturated carbocycles. The molecule has 106 valence electrons. The van der Waals surface area contributed by atoms with Crippen molar-refractivity contribution in [2.45, 2.75) is 19.6 Å². The zero-order valence-electron chi connectivity index (χ0n) is 10.5. The molecule has 20 heavy (non-hydrogen) atoms. The molecule has 0 fully saturated rings. The number of ether oxygens (including phenoxy) is 1. The summed E-state index contributed by atoms with van der Waals surface area (Å²) in [6, 6.07) is 8.28. The van der Waals surface area contributed by atoms with E-state index < -0.39 is 6.61 Å². The van der Waals surface area contributed by atoms with Gasteiger partial charge in [-0.25, -0.2) is 0 Å². The molecule has 2 rings (SSSR count). The van der Waals surface area contributed by atoms with Crippen LogP contribution in [0.4, 0.5) is 8.78 Å². The van der Waals surface area contributed by atoms with Gasteiger partial charge in [0.05, 0.1) is 6.42 Å². The largest absolute Gasteiger partial charge is 0.434 e. The van der Waals surface area contributed by atoms with Crippen LogP contribution in [0.1, 0.15) is 11.1 Å². The van der Waals surface area contributed by atoms with Gasteiger partial charge in [0.25, 0.3) is 0 Å². The van der Waals surface area contributed by atoms with E-state index in [1.165, 1.54) is 17.4 Å². The van der Waals surface area contributed by atoms with Gasteiger partial charge in [0.15, 0.2) is 0 Å². The summed E-state index contributed by atoms with van der Waals surface area (Å²) < 4.78 is 28.9. The Morgan fingerprint density at radius 2 is 2.10 bits per heavy atom. The second kappa shape index (κ2) is 7.00. The van der Waals surface area contributed by atoms with Crippen LogP contribution >= 0.6 is 11.3 Å². The van der Waals surface area contributed by atoms with Crippen LogP contribution in [0.3, 0.4) is 0 Å². The lowest BCUT2D eigenvalue weighted by Crippen LogP contribution is -2.24. The van der Waals surface area contributed by atoms with Gasteiger partial charge in [-0.05, 0) is 28.5 Å².